The number of carbonyl (C=O) groups is 1. The lowest BCUT2D eigenvalue weighted by molar-refractivity contribution is 0.206. The molecule has 0 saturated carbocycles. The summed E-state index contributed by atoms with van der Waals surface area (Å²) >= 11 is 0. The third kappa shape index (κ3) is 3.66. The fourth-order valence-electron chi connectivity index (χ4n) is 4.07. The van der Waals surface area contributed by atoms with Crippen molar-refractivity contribution in [3.63, 3.8) is 0 Å². The SMILES string of the molecule is CCOc1ccc(N2C(=O)N(Cc3cccc(C#N)c3)C3CS(=O)(=O)CC32)cc1. The quantitative estimate of drug-likeness (QED) is 0.706. The maximum absolute atomic E-state index is 13.3. The van der Waals surface area contributed by atoms with Crippen LogP contribution < -0.4 is 9.64 Å². The summed E-state index contributed by atoms with van der Waals surface area (Å²) in [7, 11) is -3.24. The van der Waals surface area contributed by atoms with Gasteiger partial charge in [0, 0.05) is 12.2 Å². The van der Waals surface area contributed by atoms with Gasteiger partial charge >= 0.3 is 6.03 Å². The van der Waals surface area contributed by atoms with Crippen LogP contribution in [0.15, 0.2) is 48.5 Å². The summed E-state index contributed by atoms with van der Waals surface area (Å²) in [5.41, 5.74) is 1.96. The van der Waals surface area contributed by atoms with Gasteiger partial charge in [-0.3, -0.25) is 4.90 Å². The molecule has 2 aromatic rings. The van der Waals surface area contributed by atoms with Crippen LogP contribution in [0.4, 0.5) is 10.5 Å². The molecule has 2 aliphatic rings. The van der Waals surface area contributed by atoms with Crippen LogP contribution in [0.2, 0.25) is 0 Å². The van der Waals surface area contributed by atoms with Gasteiger partial charge in [0.05, 0.1) is 41.8 Å². The van der Waals surface area contributed by atoms with E-state index in [0.29, 0.717) is 23.6 Å². The van der Waals surface area contributed by atoms with E-state index in [0.717, 1.165) is 5.56 Å². The van der Waals surface area contributed by atoms with Gasteiger partial charge in [0.25, 0.3) is 0 Å². The smallest absolute Gasteiger partial charge is 0.325 e. The van der Waals surface area contributed by atoms with Crippen molar-refractivity contribution >= 4 is 21.6 Å². The largest absolute Gasteiger partial charge is 0.494 e. The minimum absolute atomic E-state index is 0.0467. The average Bonchev–Trinajstić information content (AvgIpc) is 3.13. The van der Waals surface area contributed by atoms with Gasteiger partial charge in [-0.05, 0) is 48.9 Å². The highest BCUT2D eigenvalue weighted by Gasteiger charge is 2.53. The normalized spacial score (nSPS) is 22.4. The number of sulfone groups is 1. The molecular weight excluding hydrogens is 390 g/mol. The molecule has 0 spiro atoms. The second-order valence-corrected chi connectivity index (χ2v) is 9.38. The molecular formula is C21H21N3O4S. The monoisotopic (exact) mass is 411 g/mol. The topological polar surface area (TPSA) is 90.7 Å². The van der Waals surface area contributed by atoms with Gasteiger partial charge in [-0.2, -0.15) is 5.26 Å². The van der Waals surface area contributed by atoms with E-state index >= 15 is 0 Å². The molecule has 150 valence electrons. The summed E-state index contributed by atoms with van der Waals surface area (Å²) in [6, 6.07) is 15.2. The van der Waals surface area contributed by atoms with E-state index in [1.807, 2.05) is 13.0 Å². The first-order valence-electron chi connectivity index (χ1n) is 9.44. The van der Waals surface area contributed by atoms with Crippen molar-refractivity contribution < 1.29 is 17.9 Å². The maximum atomic E-state index is 13.3. The number of rotatable bonds is 5. The van der Waals surface area contributed by atoms with Crippen molar-refractivity contribution in [2.24, 2.45) is 0 Å². The second-order valence-electron chi connectivity index (χ2n) is 7.23. The highest BCUT2D eigenvalue weighted by Crippen LogP contribution is 2.36. The number of amides is 2. The van der Waals surface area contributed by atoms with Crippen molar-refractivity contribution in [3.05, 3.63) is 59.7 Å². The molecule has 2 atom stereocenters. The Balaban J connectivity index is 1.66. The number of hydrogen-bond acceptors (Lipinski definition) is 5. The molecule has 0 bridgehead atoms. The molecule has 2 aliphatic heterocycles. The lowest BCUT2D eigenvalue weighted by Crippen LogP contribution is -2.37. The molecule has 2 heterocycles. The Labute approximate surface area is 170 Å². The molecule has 2 amide bonds. The van der Waals surface area contributed by atoms with Crippen LogP contribution >= 0.6 is 0 Å². The number of urea groups is 1. The van der Waals surface area contributed by atoms with Gasteiger partial charge in [0.1, 0.15) is 5.75 Å². The molecule has 0 radical (unpaired) electrons. The van der Waals surface area contributed by atoms with Crippen molar-refractivity contribution in [2.75, 3.05) is 23.0 Å². The Morgan fingerprint density at radius 1 is 1.14 bits per heavy atom. The van der Waals surface area contributed by atoms with E-state index < -0.39 is 21.9 Å². The van der Waals surface area contributed by atoms with Crippen molar-refractivity contribution in [1.82, 2.24) is 4.90 Å². The maximum Gasteiger partial charge on any atom is 0.325 e. The minimum Gasteiger partial charge on any atom is -0.494 e. The fraction of sp³-hybridized carbons (Fsp3) is 0.333. The zero-order valence-corrected chi connectivity index (χ0v) is 16.8. The number of fused-ring (bicyclic) bond motifs is 1. The minimum atomic E-state index is -3.24. The number of benzene rings is 2. The van der Waals surface area contributed by atoms with Crippen LogP contribution in [0.5, 0.6) is 5.75 Å². The molecule has 4 rings (SSSR count). The number of anilines is 1. The third-order valence-electron chi connectivity index (χ3n) is 5.31. The lowest BCUT2D eigenvalue weighted by atomic mass is 10.1. The highest BCUT2D eigenvalue weighted by molar-refractivity contribution is 7.91. The van der Waals surface area contributed by atoms with Gasteiger partial charge in [-0.15, -0.1) is 0 Å². The Bertz CT molecular complexity index is 1080. The summed E-state index contributed by atoms with van der Waals surface area (Å²) in [4.78, 5) is 16.5. The third-order valence-corrected chi connectivity index (χ3v) is 7.01. The number of ether oxygens (including phenoxy) is 1. The van der Waals surface area contributed by atoms with E-state index in [2.05, 4.69) is 6.07 Å². The van der Waals surface area contributed by atoms with Crippen molar-refractivity contribution in [3.8, 4) is 11.8 Å². The lowest BCUT2D eigenvalue weighted by Gasteiger charge is -2.23. The van der Waals surface area contributed by atoms with Gasteiger partial charge < -0.3 is 9.64 Å². The predicted octanol–water partition coefficient (Wildman–Crippen LogP) is 2.56. The first-order chi connectivity index (χ1) is 13.9. The van der Waals surface area contributed by atoms with E-state index in [1.165, 1.54) is 0 Å². The first kappa shape index (κ1) is 19.3. The van der Waals surface area contributed by atoms with E-state index in [-0.39, 0.29) is 24.1 Å². The molecule has 0 aromatic heterocycles. The highest BCUT2D eigenvalue weighted by atomic mass is 32.2. The van der Waals surface area contributed by atoms with Crippen LogP contribution in [0, 0.1) is 11.3 Å². The predicted molar refractivity (Wildman–Crippen MR) is 108 cm³/mol. The Morgan fingerprint density at radius 3 is 2.55 bits per heavy atom. The Hall–Kier alpha value is -3.05. The number of nitriles is 1. The van der Waals surface area contributed by atoms with Crippen molar-refractivity contribution in [2.45, 2.75) is 25.6 Å². The zero-order chi connectivity index (χ0) is 20.6. The molecule has 29 heavy (non-hydrogen) atoms. The number of carbonyl (C=O) groups excluding carboxylic acids is 1. The van der Waals surface area contributed by atoms with Crippen LogP contribution in [0.1, 0.15) is 18.1 Å². The molecule has 2 aromatic carbocycles. The molecule has 8 heteroatoms. The van der Waals surface area contributed by atoms with Gasteiger partial charge in [-0.25, -0.2) is 13.2 Å². The Morgan fingerprint density at radius 2 is 1.86 bits per heavy atom. The molecule has 7 nitrogen and oxygen atoms in total. The molecule has 2 unspecified atom stereocenters. The zero-order valence-electron chi connectivity index (χ0n) is 16.0. The van der Waals surface area contributed by atoms with Crippen LogP contribution in [0.3, 0.4) is 0 Å². The first-order valence-corrected chi connectivity index (χ1v) is 11.3. The van der Waals surface area contributed by atoms with Gasteiger partial charge in [0.15, 0.2) is 9.84 Å². The molecule has 0 N–H and O–H groups in total. The van der Waals surface area contributed by atoms with Crippen LogP contribution in [0.25, 0.3) is 0 Å². The summed E-state index contributed by atoms with van der Waals surface area (Å²) < 4.78 is 30.1. The Kier molecular flexibility index (Phi) is 4.92. The average molecular weight is 411 g/mol. The summed E-state index contributed by atoms with van der Waals surface area (Å²) in [5, 5.41) is 9.12. The number of hydrogen-bond donors (Lipinski definition) is 0. The number of nitrogens with zero attached hydrogens (tertiary/aromatic N) is 3. The van der Waals surface area contributed by atoms with Gasteiger partial charge in [-0.1, -0.05) is 12.1 Å². The molecule has 0 aliphatic carbocycles. The fourth-order valence-corrected chi connectivity index (χ4v) is 6.02. The molecule has 2 saturated heterocycles. The van der Waals surface area contributed by atoms with E-state index in [1.54, 1.807) is 52.3 Å². The van der Waals surface area contributed by atoms with Crippen LogP contribution in [-0.2, 0) is 16.4 Å². The van der Waals surface area contributed by atoms with E-state index in [4.69, 9.17) is 10.00 Å². The van der Waals surface area contributed by atoms with Crippen molar-refractivity contribution in [1.29, 1.82) is 5.26 Å². The second kappa shape index (κ2) is 7.41. The van der Waals surface area contributed by atoms with Crippen LogP contribution in [-0.4, -0.2) is 49.5 Å². The van der Waals surface area contributed by atoms with Gasteiger partial charge in [0.2, 0.25) is 0 Å². The molecule has 2 fully saturated rings. The van der Waals surface area contributed by atoms with E-state index in [9.17, 15) is 13.2 Å². The summed E-state index contributed by atoms with van der Waals surface area (Å²) in [6.07, 6.45) is 0. The standard InChI is InChI=1S/C21H21N3O4S/c1-2-28-18-8-6-17(7-9-18)24-20-14-29(26,27)13-19(20)23(21(24)25)12-16-5-3-4-15(10-16)11-22/h3-10,19-20H,2,12-14H2,1H3. The summed E-state index contributed by atoms with van der Waals surface area (Å²) in [5.74, 6) is 0.601. The summed E-state index contributed by atoms with van der Waals surface area (Å²) in [6.45, 7) is 2.70.